The van der Waals surface area contributed by atoms with E-state index in [1.54, 1.807) is 0 Å². The van der Waals surface area contributed by atoms with Crippen LogP contribution in [0.25, 0.3) is 0 Å². The fourth-order valence-electron chi connectivity index (χ4n) is 1.53. The topological polar surface area (TPSA) is 46.5 Å². The zero-order valence-electron chi connectivity index (χ0n) is 7.00. The van der Waals surface area contributed by atoms with E-state index in [4.69, 9.17) is 0 Å². The normalized spacial score (nSPS) is 36.1. The highest BCUT2D eigenvalue weighted by Gasteiger charge is 2.35. The smallest absolute Gasteiger partial charge is 0.309 e. The minimum Gasteiger partial charge on any atom is -0.469 e. The number of carbonyl (C=O) groups is 1. The Morgan fingerprint density at radius 1 is 1.58 bits per heavy atom. The molecule has 1 N–H and O–H groups in total. The molecule has 0 heterocycles. The van der Waals surface area contributed by atoms with Gasteiger partial charge in [0.05, 0.1) is 24.0 Å². The first-order valence-electron chi connectivity index (χ1n) is 4.06. The van der Waals surface area contributed by atoms with Crippen molar-refractivity contribution in [2.45, 2.75) is 30.2 Å². The first-order chi connectivity index (χ1) is 5.66. The van der Waals surface area contributed by atoms with Gasteiger partial charge in [-0.25, -0.2) is 0 Å². The molecular weight excluding hydrogens is 224 g/mol. The Morgan fingerprint density at radius 2 is 2.25 bits per heavy atom. The minimum atomic E-state index is -0.414. The molecule has 0 radical (unpaired) electrons. The van der Waals surface area contributed by atoms with Gasteiger partial charge in [-0.05, 0) is 19.3 Å². The van der Waals surface area contributed by atoms with Gasteiger partial charge < -0.3 is 9.84 Å². The second kappa shape index (κ2) is 4.23. The Bertz CT molecular complexity index is 172. The lowest BCUT2D eigenvalue weighted by Gasteiger charge is -2.29. The van der Waals surface area contributed by atoms with Crippen LogP contribution in [0.1, 0.15) is 19.3 Å². The summed E-state index contributed by atoms with van der Waals surface area (Å²) in [4.78, 5) is 11.0. The molecule has 3 unspecified atom stereocenters. The Hall–Kier alpha value is -0.0900. The number of aliphatic hydroxyl groups excluding tert-OH is 1. The molecule has 0 saturated heterocycles. The lowest BCUT2D eigenvalue weighted by atomic mass is 9.87. The number of halogens is 1. The maximum Gasteiger partial charge on any atom is 0.309 e. The zero-order chi connectivity index (χ0) is 9.14. The molecular formula is C8H13BrO3. The molecule has 1 saturated carbocycles. The van der Waals surface area contributed by atoms with E-state index in [1.165, 1.54) is 7.11 Å². The van der Waals surface area contributed by atoms with Crippen molar-refractivity contribution in [2.24, 2.45) is 5.92 Å². The molecule has 4 heteroatoms. The summed E-state index contributed by atoms with van der Waals surface area (Å²) in [7, 11) is 1.38. The maximum atomic E-state index is 11.2. The fourth-order valence-corrected chi connectivity index (χ4v) is 2.28. The molecule has 0 amide bonds. The fraction of sp³-hybridized carbons (Fsp3) is 0.875. The summed E-state index contributed by atoms with van der Waals surface area (Å²) < 4.78 is 4.63. The first kappa shape index (κ1) is 9.99. The van der Waals surface area contributed by atoms with Gasteiger partial charge in [0, 0.05) is 0 Å². The van der Waals surface area contributed by atoms with E-state index >= 15 is 0 Å². The zero-order valence-corrected chi connectivity index (χ0v) is 8.58. The number of methoxy groups -OCH3 is 1. The summed E-state index contributed by atoms with van der Waals surface area (Å²) in [6, 6.07) is 0. The van der Waals surface area contributed by atoms with Crippen molar-refractivity contribution in [1.82, 2.24) is 0 Å². The molecule has 0 aromatic rings. The van der Waals surface area contributed by atoms with Gasteiger partial charge in [0.2, 0.25) is 0 Å². The number of carbonyl (C=O) groups excluding carboxylic acids is 1. The predicted molar refractivity (Wildman–Crippen MR) is 48.1 cm³/mol. The van der Waals surface area contributed by atoms with Crippen molar-refractivity contribution in [2.75, 3.05) is 7.11 Å². The van der Waals surface area contributed by atoms with Crippen LogP contribution in [0.15, 0.2) is 0 Å². The van der Waals surface area contributed by atoms with Gasteiger partial charge in [0.1, 0.15) is 0 Å². The van der Waals surface area contributed by atoms with Gasteiger partial charge >= 0.3 is 5.97 Å². The van der Waals surface area contributed by atoms with E-state index in [0.717, 1.165) is 19.3 Å². The van der Waals surface area contributed by atoms with Gasteiger partial charge in [-0.1, -0.05) is 15.9 Å². The van der Waals surface area contributed by atoms with Crippen molar-refractivity contribution >= 4 is 21.9 Å². The molecule has 1 aliphatic carbocycles. The molecule has 1 fully saturated rings. The van der Waals surface area contributed by atoms with Gasteiger partial charge in [-0.2, -0.15) is 0 Å². The molecule has 1 rings (SSSR count). The van der Waals surface area contributed by atoms with E-state index in [1.807, 2.05) is 0 Å². The molecule has 0 bridgehead atoms. The molecule has 0 spiro atoms. The number of esters is 1. The van der Waals surface area contributed by atoms with Crippen molar-refractivity contribution in [3.05, 3.63) is 0 Å². The Morgan fingerprint density at radius 3 is 2.83 bits per heavy atom. The number of alkyl halides is 1. The Labute approximate surface area is 80.2 Å². The van der Waals surface area contributed by atoms with Crippen LogP contribution in [0.4, 0.5) is 0 Å². The van der Waals surface area contributed by atoms with Crippen molar-refractivity contribution in [1.29, 1.82) is 0 Å². The molecule has 1 aliphatic rings. The first-order valence-corrected chi connectivity index (χ1v) is 4.98. The van der Waals surface area contributed by atoms with Gasteiger partial charge in [0.25, 0.3) is 0 Å². The van der Waals surface area contributed by atoms with Crippen LogP contribution in [-0.2, 0) is 9.53 Å². The quantitative estimate of drug-likeness (QED) is 0.548. The largest absolute Gasteiger partial charge is 0.469 e. The van der Waals surface area contributed by atoms with Crippen molar-refractivity contribution < 1.29 is 14.6 Å². The summed E-state index contributed by atoms with van der Waals surface area (Å²) in [5, 5.41) is 9.44. The Balaban J connectivity index is 2.57. The van der Waals surface area contributed by atoms with Gasteiger partial charge in [0.15, 0.2) is 0 Å². The molecule has 0 aromatic carbocycles. The van der Waals surface area contributed by atoms with Crippen molar-refractivity contribution in [3.63, 3.8) is 0 Å². The van der Waals surface area contributed by atoms with Crippen LogP contribution >= 0.6 is 15.9 Å². The number of hydrogen-bond acceptors (Lipinski definition) is 3. The maximum absolute atomic E-state index is 11.2. The molecule has 3 nitrogen and oxygen atoms in total. The second-order valence-electron chi connectivity index (χ2n) is 3.07. The van der Waals surface area contributed by atoms with Crippen LogP contribution in [0.2, 0.25) is 0 Å². The third-order valence-corrected chi connectivity index (χ3v) is 3.52. The van der Waals surface area contributed by atoms with Crippen LogP contribution in [0.5, 0.6) is 0 Å². The summed E-state index contributed by atoms with van der Waals surface area (Å²) in [6.45, 7) is 0. The van der Waals surface area contributed by atoms with Gasteiger partial charge in [-0.15, -0.1) is 0 Å². The predicted octanol–water partition coefficient (Wildman–Crippen LogP) is 1.08. The number of hydrogen-bond donors (Lipinski definition) is 1. The SMILES string of the molecule is COC(=O)C1CCCC(O)C1Br. The Kier molecular flexibility index (Phi) is 3.53. The number of ether oxygens (including phenoxy) is 1. The van der Waals surface area contributed by atoms with Crippen LogP contribution in [-0.4, -0.2) is 29.1 Å². The summed E-state index contributed by atoms with van der Waals surface area (Å²) in [6.07, 6.45) is 2.05. The lowest BCUT2D eigenvalue weighted by Crippen LogP contribution is -2.37. The van der Waals surface area contributed by atoms with E-state index in [2.05, 4.69) is 20.7 Å². The van der Waals surface area contributed by atoms with Crippen molar-refractivity contribution in [3.8, 4) is 0 Å². The lowest BCUT2D eigenvalue weighted by molar-refractivity contribution is -0.147. The van der Waals surface area contributed by atoms with E-state index in [0.29, 0.717) is 0 Å². The highest BCUT2D eigenvalue weighted by atomic mass is 79.9. The second-order valence-corrected chi connectivity index (χ2v) is 4.13. The van der Waals surface area contributed by atoms with E-state index < -0.39 is 6.10 Å². The average molecular weight is 237 g/mol. The van der Waals surface area contributed by atoms with Crippen LogP contribution < -0.4 is 0 Å². The highest BCUT2D eigenvalue weighted by molar-refractivity contribution is 9.09. The average Bonchev–Trinajstić information content (AvgIpc) is 2.08. The monoisotopic (exact) mass is 236 g/mol. The summed E-state index contributed by atoms with van der Waals surface area (Å²) in [5.41, 5.74) is 0. The molecule has 3 atom stereocenters. The van der Waals surface area contributed by atoms with E-state index in [9.17, 15) is 9.90 Å². The summed E-state index contributed by atoms with van der Waals surface area (Å²) >= 11 is 3.31. The highest BCUT2D eigenvalue weighted by Crippen LogP contribution is 2.30. The minimum absolute atomic E-state index is 0.140. The molecule has 12 heavy (non-hydrogen) atoms. The number of rotatable bonds is 1. The molecule has 70 valence electrons. The standard InChI is InChI=1S/C8H13BrO3/c1-12-8(11)5-3-2-4-6(10)7(5)9/h5-7,10H,2-4H2,1H3. The third kappa shape index (κ3) is 1.98. The third-order valence-electron chi connectivity index (χ3n) is 2.27. The van der Waals surface area contributed by atoms with E-state index in [-0.39, 0.29) is 16.7 Å². The number of aliphatic hydroxyl groups is 1. The molecule has 0 aromatic heterocycles. The van der Waals surface area contributed by atoms with Gasteiger partial charge in [-0.3, -0.25) is 4.79 Å². The molecule has 0 aliphatic heterocycles. The van der Waals surface area contributed by atoms with Crippen LogP contribution in [0.3, 0.4) is 0 Å². The summed E-state index contributed by atoms with van der Waals surface area (Å²) in [5.74, 6) is -0.408. The van der Waals surface area contributed by atoms with Crippen LogP contribution in [0, 0.1) is 5.92 Å².